The minimum atomic E-state index is -0.269. The number of hydrogen-bond acceptors (Lipinski definition) is 1. The van der Waals surface area contributed by atoms with Gasteiger partial charge in [-0.15, -0.1) is 0 Å². The fourth-order valence-corrected chi connectivity index (χ4v) is 1.64. The van der Waals surface area contributed by atoms with Crippen molar-refractivity contribution >= 4 is 16.6 Å². The number of fused-ring (bicyclic) bond motifs is 1. The van der Waals surface area contributed by atoms with E-state index in [2.05, 4.69) is 0 Å². The minimum absolute atomic E-state index is 0.269. The Hall–Kier alpha value is -1.51. The summed E-state index contributed by atoms with van der Waals surface area (Å²) >= 11 is 0. The zero-order valence-electron chi connectivity index (χ0n) is 7.91. The van der Waals surface area contributed by atoms with E-state index in [1.54, 1.807) is 0 Å². The molecule has 0 spiro atoms. The number of aromatic nitrogens is 1. The lowest BCUT2D eigenvalue weighted by atomic mass is 10.2. The third-order valence-electron chi connectivity index (χ3n) is 2.33. The molecule has 2 rings (SSSR count). The number of hydrogen-bond donors (Lipinski definition) is 1. The maximum atomic E-state index is 12.0. The molecular formula is C11H13FN2. The molecule has 2 nitrogen and oxygen atoms in total. The van der Waals surface area contributed by atoms with E-state index in [9.17, 15) is 4.39 Å². The van der Waals surface area contributed by atoms with Crippen molar-refractivity contribution in [1.82, 2.24) is 4.57 Å². The lowest BCUT2D eigenvalue weighted by molar-refractivity contribution is 0.450. The van der Waals surface area contributed by atoms with Gasteiger partial charge in [0.2, 0.25) is 0 Å². The summed E-state index contributed by atoms with van der Waals surface area (Å²) in [7, 11) is 0. The minimum Gasteiger partial charge on any atom is -0.399 e. The van der Waals surface area contributed by atoms with Crippen molar-refractivity contribution in [3.05, 3.63) is 30.5 Å². The molecule has 0 aliphatic rings. The van der Waals surface area contributed by atoms with E-state index in [1.165, 1.54) is 0 Å². The summed E-state index contributed by atoms with van der Waals surface area (Å²) in [5.41, 5.74) is 7.55. The third kappa shape index (κ3) is 1.58. The van der Waals surface area contributed by atoms with Gasteiger partial charge in [-0.05, 0) is 30.7 Å². The number of alkyl halides is 1. The first-order chi connectivity index (χ1) is 6.81. The van der Waals surface area contributed by atoms with Crippen molar-refractivity contribution < 1.29 is 4.39 Å². The van der Waals surface area contributed by atoms with Crippen molar-refractivity contribution in [1.29, 1.82) is 0 Å². The molecule has 2 N–H and O–H groups in total. The highest BCUT2D eigenvalue weighted by Crippen LogP contribution is 2.18. The van der Waals surface area contributed by atoms with Crippen LogP contribution in [0.2, 0.25) is 0 Å². The summed E-state index contributed by atoms with van der Waals surface area (Å²) < 4.78 is 14.1. The van der Waals surface area contributed by atoms with Gasteiger partial charge in [0.1, 0.15) is 0 Å². The van der Waals surface area contributed by atoms with E-state index in [4.69, 9.17) is 5.73 Å². The van der Waals surface area contributed by atoms with E-state index in [-0.39, 0.29) is 6.67 Å². The molecule has 1 aromatic carbocycles. The maximum absolute atomic E-state index is 12.0. The molecule has 0 aliphatic heterocycles. The highest BCUT2D eigenvalue weighted by Gasteiger charge is 2.00. The zero-order chi connectivity index (χ0) is 9.97. The number of aryl methyl sites for hydroxylation is 1. The number of nitrogen functional groups attached to an aromatic ring is 1. The second kappa shape index (κ2) is 3.70. The summed E-state index contributed by atoms with van der Waals surface area (Å²) in [6, 6.07) is 7.78. The fraction of sp³-hybridized carbons (Fsp3) is 0.273. The molecule has 0 unspecified atom stereocenters. The van der Waals surface area contributed by atoms with Crippen molar-refractivity contribution in [3.8, 4) is 0 Å². The number of rotatable bonds is 3. The molecule has 0 radical (unpaired) electrons. The molecule has 74 valence electrons. The Kier molecular flexibility index (Phi) is 2.39. The molecule has 0 saturated carbocycles. The third-order valence-corrected chi connectivity index (χ3v) is 2.33. The number of nitrogens with zero attached hydrogens (tertiary/aromatic N) is 1. The van der Waals surface area contributed by atoms with Gasteiger partial charge in [0, 0.05) is 29.3 Å². The van der Waals surface area contributed by atoms with Crippen LogP contribution in [0, 0.1) is 0 Å². The van der Waals surface area contributed by atoms with Gasteiger partial charge in [-0.3, -0.25) is 4.39 Å². The summed E-state index contributed by atoms with van der Waals surface area (Å²) in [6.07, 6.45) is 2.54. The SMILES string of the molecule is Nc1ccc2c(ccn2CCCF)c1. The van der Waals surface area contributed by atoms with Gasteiger partial charge in [0.05, 0.1) is 6.67 Å². The van der Waals surface area contributed by atoms with Crippen molar-refractivity contribution in [2.45, 2.75) is 13.0 Å². The molecular weight excluding hydrogens is 179 g/mol. The molecule has 0 fully saturated rings. The van der Waals surface area contributed by atoms with Gasteiger partial charge in [0.25, 0.3) is 0 Å². The van der Waals surface area contributed by atoms with Gasteiger partial charge in [-0.2, -0.15) is 0 Å². The molecule has 1 aromatic heterocycles. The van der Waals surface area contributed by atoms with Gasteiger partial charge < -0.3 is 10.3 Å². The number of halogens is 1. The second-order valence-electron chi connectivity index (χ2n) is 3.37. The maximum Gasteiger partial charge on any atom is 0.0911 e. The van der Waals surface area contributed by atoms with Crippen LogP contribution in [-0.2, 0) is 6.54 Å². The smallest absolute Gasteiger partial charge is 0.0911 e. The lowest BCUT2D eigenvalue weighted by Gasteiger charge is -2.03. The quantitative estimate of drug-likeness (QED) is 0.744. The standard InChI is InChI=1S/C11H13FN2/c12-5-1-6-14-7-4-9-8-10(13)2-3-11(9)14/h2-4,7-8H,1,5-6,13H2. The number of benzene rings is 1. The lowest BCUT2D eigenvalue weighted by Crippen LogP contribution is -1.96. The first kappa shape index (κ1) is 9.06. The van der Waals surface area contributed by atoms with Crippen LogP contribution < -0.4 is 5.73 Å². The van der Waals surface area contributed by atoms with Crippen molar-refractivity contribution in [2.24, 2.45) is 0 Å². The van der Waals surface area contributed by atoms with Crippen LogP contribution in [0.4, 0.5) is 10.1 Å². The first-order valence-electron chi connectivity index (χ1n) is 4.71. The van der Waals surface area contributed by atoms with E-state index in [1.807, 2.05) is 35.0 Å². The average molecular weight is 192 g/mol. The Morgan fingerprint density at radius 1 is 1.29 bits per heavy atom. The van der Waals surface area contributed by atoms with Crippen LogP contribution in [0.3, 0.4) is 0 Å². The van der Waals surface area contributed by atoms with Crippen LogP contribution in [0.25, 0.3) is 10.9 Å². The monoisotopic (exact) mass is 192 g/mol. The topological polar surface area (TPSA) is 30.9 Å². The van der Waals surface area contributed by atoms with E-state index in [0.717, 1.165) is 23.1 Å². The van der Waals surface area contributed by atoms with E-state index >= 15 is 0 Å². The summed E-state index contributed by atoms with van der Waals surface area (Å²) in [5.74, 6) is 0. The van der Waals surface area contributed by atoms with Crippen LogP contribution >= 0.6 is 0 Å². The largest absolute Gasteiger partial charge is 0.399 e. The first-order valence-corrected chi connectivity index (χ1v) is 4.71. The average Bonchev–Trinajstić information content (AvgIpc) is 2.57. The molecule has 0 bridgehead atoms. The highest BCUT2D eigenvalue weighted by molar-refractivity contribution is 5.83. The zero-order valence-corrected chi connectivity index (χ0v) is 7.91. The van der Waals surface area contributed by atoms with Gasteiger partial charge in [-0.25, -0.2) is 0 Å². The van der Waals surface area contributed by atoms with Gasteiger partial charge in [0.15, 0.2) is 0 Å². The highest BCUT2D eigenvalue weighted by atomic mass is 19.1. The molecule has 1 heterocycles. The Morgan fingerprint density at radius 3 is 2.93 bits per heavy atom. The predicted octanol–water partition coefficient (Wildman–Crippen LogP) is 2.58. The molecule has 14 heavy (non-hydrogen) atoms. The van der Waals surface area contributed by atoms with E-state index < -0.39 is 0 Å². The van der Waals surface area contributed by atoms with Crippen LogP contribution in [0.15, 0.2) is 30.5 Å². The van der Waals surface area contributed by atoms with Crippen molar-refractivity contribution in [2.75, 3.05) is 12.4 Å². The normalized spacial score (nSPS) is 10.9. The Balaban J connectivity index is 2.37. The van der Waals surface area contributed by atoms with Crippen LogP contribution in [0.5, 0.6) is 0 Å². The predicted molar refractivity (Wildman–Crippen MR) is 56.9 cm³/mol. The summed E-state index contributed by atoms with van der Waals surface area (Å²) in [4.78, 5) is 0. The Bertz CT molecular complexity index is 434. The number of nitrogens with two attached hydrogens (primary N) is 1. The van der Waals surface area contributed by atoms with E-state index in [0.29, 0.717) is 6.42 Å². The van der Waals surface area contributed by atoms with Gasteiger partial charge >= 0.3 is 0 Å². The van der Waals surface area contributed by atoms with Gasteiger partial charge in [-0.1, -0.05) is 0 Å². The molecule has 3 heteroatoms. The Morgan fingerprint density at radius 2 is 2.14 bits per heavy atom. The van der Waals surface area contributed by atoms with Crippen LogP contribution in [0.1, 0.15) is 6.42 Å². The molecule has 0 saturated heterocycles. The molecule has 0 aliphatic carbocycles. The molecule has 0 amide bonds. The van der Waals surface area contributed by atoms with Crippen LogP contribution in [-0.4, -0.2) is 11.2 Å². The fourth-order valence-electron chi connectivity index (χ4n) is 1.64. The van der Waals surface area contributed by atoms with Crippen molar-refractivity contribution in [3.63, 3.8) is 0 Å². The number of anilines is 1. The molecule has 0 atom stereocenters. The summed E-state index contributed by atoms with van der Waals surface area (Å²) in [6.45, 7) is 0.457. The summed E-state index contributed by atoms with van der Waals surface area (Å²) in [5, 5.41) is 1.11. The second-order valence-corrected chi connectivity index (χ2v) is 3.37. The Labute approximate surface area is 82.1 Å². The molecule has 2 aromatic rings.